The molecule has 18 heavy (non-hydrogen) atoms. The van der Waals surface area contributed by atoms with Crippen LogP contribution in [0.2, 0.25) is 0 Å². The molecule has 3 nitrogen and oxygen atoms in total. The van der Waals surface area contributed by atoms with E-state index in [-0.39, 0.29) is 18.7 Å². The largest absolute Gasteiger partial charge is 0.408 e. The Balaban J connectivity index is 2.22. The number of carbonyl (C=O) groups is 1. The van der Waals surface area contributed by atoms with Gasteiger partial charge in [-0.2, -0.15) is 13.2 Å². The maximum absolute atomic E-state index is 12.9. The maximum Gasteiger partial charge on any atom is 0.408 e. The molecule has 0 spiro atoms. The van der Waals surface area contributed by atoms with Crippen molar-refractivity contribution < 1.29 is 18.0 Å². The summed E-state index contributed by atoms with van der Waals surface area (Å²) in [6.45, 7) is 0.138. The van der Waals surface area contributed by atoms with Gasteiger partial charge in [-0.25, -0.2) is 0 Å². The van der Waals surface area contributed by atoms with Gasteiger partial charge in [-0.3, -0.25) is 9.78 Å². The van der Waals surface area contributed by atoms with Gasteiger partial charge in [0, 0.05) is 12.7 Å². The second-order valence-electron chi connectivity index (χ2n) is 4.27. The lowest BCUT2D eigenvalue weighted by molar-refractivity contribution is -0.183. The van der Waals surface area contributed by atoms with Crippen LogP contribution in [0.25, 0.3) is 0 Å². The molecule has 1 aliphatic rings. The second kappa shape index (κ2) is 4.96. The van der Waals surface area contributed by atoms with Crippen LogP contribution in [0.5, 0.6) is 0 Å². The van der Waals surface area contributed by atoms with Crippen LogP contribution < -0.4 is 0 Å². The number of likely N-dealkylation sites (tertiary alicyclic amines) is 1. The van der Waals surface area contributed by atoms with E-state index in [1.54, 1.807) is 12.1 Å². The Bertz CT molecular complexity index is 419. The zero-order valence-corrected chi connectivity index (χ0v) is 9.65. The van der Waals surface area contributed by atoms with Crippen molar-refractivity contribution >= 4 is 5.91 Å². The lowest BCUT2D eigenvalue weighted by atomic mass is 10.0. The molecule has 0 radical (unpaired) electrons. The number of carbonyl (C=O) groups excluding carboxylic acids is 1. The first kappa shape index (κ1) is 12.9. The van der Waals surface area contributed by atoms with Gasteiger partial charge in [0.25, 0.3) is 5.91 Å². The zero-order chi connectivity index (χ0) is 13.2. The van der Waals surface area contributed by atoms with Gasteiger partial charge in [-0.1, -0.05) is 6.07 Å². The molecular formula is C12H13F3N2O. The Morgan fingerprint density at radius 1 is 1.33 bits per heavy atom. The van der Waals surface area contributed by atoms with Crippen molar-refractivity contribution in [2.45, 2.75) is 31.5 Å². The summed E-state index contributed by atoms with van der Waals surface area (Å²) >= 11 is 0. The smallest absolute Gasteiger partial charge is 0.325 e. The van der Waals surface area contributed by atoms with Crippen LogP contribution in [0.1, 0.15) is 29.8 Å². The Kier molecular flexibility index (Phi) is 3.54. The Labute approximate surface area is 103 Å². The Hall–Kier alpha value is -1.59. The molecule has 1 atom stereocenters. The topological polar surface area (TPSA) is 33.2 Å². The van der Waals surface area contributed by atoms with Crippen molar-refractivity contribution in [1.82, 2.24) is 9.88 Å². The van der Waals surface area contributed by atoms with E-state index in [0.717, 1.165) is 4.90 Å². The summed E-state index contributed by atoms with van der Waals surface area (Å²) in [5.74, 6) is -0.641. The molecule has 2 rings (SSSR count). The highest BCUT2D eigenvalue weighted by molar-refractivity contribution is 5.92. The molecule has 1 unspecified atom stereocenters. The van der Waals surface area contributed by atoms with Crippen LogP contribution in [0.15, 0.2) is 24.4 Å². The molecular weight excluding hydrogens is 245 g/mol. The van der Waals surface area contributed by atoms with Crippen molar-refractivity contribution in [3.8, 4) is 0 Å². The Morgan fingerprint density at radius 3 is 2.72 bits per heavy atom. The summed E-state index contributed by atoms with van der Waals surface area (Å²) in [5, 5.41) is 0. The van der Waals surface area contributed by atoms with Gasteiger partial charge in [-0.15, -0.1) is 0 Å². The van der Waals surface area contributed by atoms with E-state index < -0.39 is 18.1 Å². The van der Waals surface area contributed by atoms with E-state index in [4.69, 9.17) is 0 Å². The van der Waals surface area contributed by atoms with E-state index in [9.17, 15) is 18.0 Å². The van der Waals surface area contributed by atoms with E-state index in [2.05, 4.69) is 4.98 Å². The fourth-order valence-corrected chi connectivity index (χ4v) is 2.15. The van der Waals surface area contributed by atoms with E-state index in [0.29, 0.717) is 12.8 Å². The highest BCUT2D eigenvalue weighted by atomic mass is 19.4. The highest BCUT2D eigenvalue weighted by Crippen LogP contribution is 2.32. The standard InChI is InChI=1S/C12H13F3N2O/c13-12(14,15)10-6-2-4-8-17(10)11(18)9-5-1-3-7-16-9/h1,3,5,7,10H,2,4,6,8H2. The molecule has 0 N–H and O–H groups in total. The van der Waals surface area contributed by atoms with Crippen molar-refractivity contribution in [2.24, 2.45) is 0 Å². The summed E-state index contributed by atoms with van der Waals surface area (Å²) in [6.07, 6.45) is -1.89. The first-order chi connectivity index (χ1) is 8.50. The first-order valence-electron chi connectivity index (χ1n) is 5.79. The molecule has 1 fully saturated rings. The molecule has 1 saturated heterocycles. The second-order valence-corrected chi connectivity index (χ2v) is 4.27. The van der Waals surface area contributed by atoms with Crippen LogP contribution in [-0.2, 0) is 0 Å². The van der Waals surface area contributed by atoms with Gasteiger partial charge >= 0.3 is 6.18 Å². The van der Waals surface area contributed by atoms with Crippen LogP contribution in [0, 0.1) is 0 Å². The molecule has 0 aromatic carbocycles. The Morgan fingerprint density at radius 2 is 2.11 bits per heavy atom. The number of aromatic nitrogens is 1. The molecule has 0 bridgehead atoms. The van der Waals surface area contributed by atoms with Crippen LogP contribution in [0.4, 0.5) is 13.2 Å². The number of nitrogens with zero attached hydrogens (tertiary/aromatic N) is 2. The number of amides is 1. The van der Waals surface area contributed by atoms with Gasteiger partial charge in [0.15, 0.2) is 0 Å². The maximum atomic E-state index is 12.9. The molecule has 0 aliphatic carbocycles. The van der Waals surface area contributed by atoms with E-state index >= 15 is 0 Å². The number of piperidine rings is 1. The zero-order valence-electron chi connectivity index (χ0n) is 9.65. The molecule has 1 amide bonds. The molecule has 1 aromatic heterocycles. The first-order valence-corrected chi connectivity index (χ1v) is 5.79. The van der Waals surface area contributed by atoms with E-state index in [1.807, 2.05) is 0 Å². The monoisotopic (exact) mass is 258 g/mol. The number of hydrogen-bond acceptors (Lipinski definition) is 2. The molecule has 1 aromatic rings. The lowest BCUT2D eigenvalue weighted by Crippen LogP contribution is -2.51. The average Bonchev–Trinajstić information content (AvgIpc) is 2.38. The summed E-state index contributed by atoms with van der Waals surface area (Å²) in [4.78, 5) is 16.7. The molecule has 98 valence electrons. The van der Waals surface area contributed by atoms with Crippen LogP contribution >= 0.6 is 0 Å². The predicted molar refractivity (Wildman–Crippen MR) is 59.0 cm³/mol. The fourth-order valence-electron chi connectivity index (χ4n) is 2.15. The summed E-state index contributed by atoms with van der Waals surface area (Å²) in [7, 11) is 0. The van der Waals surface area contributed by atoms with Gasteiger partial charge in [0.2, 0.25) is 0 Å². The average molecular weight is 258 g/mol. The van der Waals surface area contributed by atoms with Crippen molar-refractivity contribution in [3.63, 3.8) is 0 Å². The molecule has 1 aliphatic heterocycles. The third-order valence-electron chi connectivity index (χ3n) is 3.03. The summed E-state index contributed by atoms with van der Waals surface area (Å²) in [6, 6.07) is 2.96. The quantitative estimate of drug-likeness (QED) is 0.775. The molecule has 0 saturated carbocycles. The lowest BCUT2D eigenvalue weighted by Gasteiger charge is -2.36. The van der Waals surface area contributed by atoms with Crippen molar-refractivity contribution in [1.29, 1.82) is 0 Å². The fraction of sp³-hybridized carbons (Fsp3) is 0.500. The van der Waals surface area contributed by atoms with Crippen molar-refractivity contribution in [2.75, 3.05) is 6.54 Å². The number of halogens is 3. The van der Waals surface area contributed by atoms with Gasteiger partial charge < -0.3 is 4.90 Å². The molecule has 6 heteroatoms. The minimum Gasteiger partial charge on any atom is -0.325 e. The predicted octanol–water partition coefficient (Wildman–Crippen LogP) is 2.64. The third kappa shape index (κ3) is 2.63. The minimum atomic E-state index is -4.37. The SMILES string of the molecule is O=C(c1ccccn1)N1CCCCC1C(F)(F)F. The number of rotatable bonds is 1. The normalized spacial score (nSPS) is 20.8. The molecule has 2 heterocycles. The van der Waals surface area contributed by atoms with E-state index in [1.165, 1.54) is 12.3 Å². The van der Waals surface area contributed by atoms with Gasteiger partial charge in [0.1, 0.15) is 11.7 Å². The van der Waals surface area contributed by atoms with Gasteiger partial charge in [0.05, 0.1) is 0 Å². The minimum absolute atomic E-state index is 0.0257. The highest BCUT2D eigenvalue weighted by Gasteiger charge is 2.46. The summed E-state index contributed by atoms with van der Waals surface area (Å²) in [5.41, 5.74) is 0.0636. The van der Waals surface area contributed by atoms with Gasteiger partial charge in [-0.05, 0) is 31.4 Å². The third-order valence-corrected chi connectivity index (χ3v) is 3.03. The summed E-state index contributed by atoms with van der Waals surface area (Å²) < 4.78 is 38.6. The number of pyridine rings is 1. The number of alkyl halides is 3. The van der Waals surface area contributed by atoms with Crippen LogP contribution in [-0.4, -0.2) is 34.6 Å². The van der Waals surface area contributed by atoms with Crippen molar-refractivity contribution in [3.05, 3.63) is 30.1 Å². The number of hydrogen-bond donors (Lipinski definition) is 0. The van der Waals surface area contributed by atoms with Crippen LogP contribution in [0.3, 0.4) is 0 Å².